The molecule has 1 aliphatic rings. The monoisotopic (exact) mass is 226 g/mol. The summed E-state index contributed by atoms with van der Waals surface area (Å²) < 4.78 is 0. The van der Waals surface area contributed by atoms with Gasteiger partial charge in [-0.05, 0) is 32.6 Å². The van der Waals surface area contributed by atoms with Gasteiger partial charge in [0.1, 0.15) is 0 Å². The van der Waals surface area contributed by atoms with Gasteiger partial charge in [0.15, 0.2) is 0 Å². The summed E-state index contributed by atoms with van der Waals surface area (Å²) >= 11 is 0. The molecular weight excluding hydrogens is 200 g/mol. The van der Waals surface area contributed by atoms with Crippen LogP contribution in [0.1, 0.15) is 52.9 Å². The van der Waals surface area contributed by atoms with Crippen molar-refractivity contribution in [3.05, 3.63) is 0 Å². The van der Waals surface area contributed by atoms with Crippen LogP contribution in [0.4, 0.5) is 0 Å². The number of unbranched alkanes of at least 4 members (excludes halogenated alkanes) is 1. The van der Waals surface area contributed by atoms with E-state index in [9.17, 15) is 4.79 Å². The lowest BCUT2D eigenvalue weighted by atomic mass is 10.0. The van der Waals surface area contributed by atoms with Crippen LogP contribution in [0.25, 0.3) is 0 Å². The molecule has 0 heterocycles. The fraction of sp³-hybridized carbons (Fsp3) is 0.923. The summed E-state index contributed by atoms with van der Waals surface area (Å²) in [7, 11) is 0. The van der Waals surface area contributed by atoms with E-state index in [2.05, 4.69) is 25.7 Å². The average molecular weight is 226 g/mol. The Hall–Kier alpha value is -0.570. The highest BCUT2D eigenvalue weighted by Crippen LogP contribution is 2.46. The van der Waals surface area contributed by atoms with Gasteiger partial charge in [0.2, 0.25) is 5.91 Å². The zero-order valence-corrected chi connectivity index (χ0v) is 11.0. The minimum atomic E-state index is -0.183. The molecule has 0 aliphatic heterocycles. The van der Waals surface area contributed by atoms with Gasteiger partial charge in [-0.2, -0.15) is 0 Å². The van der Waals surface area contributed by atoms with Crippen LogP contribution < -0.4 is 5.73 Å². The van der Waals surface area contributed by atoms with Gasteiger partial charge in [-0.1, -0.05) is 20.3 Å². The van der Waals surface area contributed by atoms with E-state index in [0.29, 0.717) is 18.5 Å². The molecule has 1 fully saturated rings. The first-order valence-electron chi connectivity index (χ1n) is 6.62. The van der Waals surface area contributed by atoms with E-state index in [-0.39, 0.29) is 5.41 Å². The first-order valence-corrected chi connectivity index (χ1v) is 6.62. The molecule has 0 aromatic heterocycles. The number of hydrogen-bond acceptors (Lipinski definition) is 2. The molecule has 1 amide bonds. The molecule has 1 unspecified atom stereocenters. The Kier molecular flexibility index (Phi) is 4.78. The van der Waals surface area contributed by atoms with E-state index >= 15 is 0 Å². The molecule has 1 rings (SSSR count). The van der Waals surface area contributed by atoms with Crippen molar-refractivity contribution in [2.75, 3.05) is 13.1 Å². The number of carbonyl (C=O) groups excluding carboxylic acids is 1. The topological polar surface area (TPSA) is 46.3 Å². The maximum Gasteiger partial charge on any atom is 0.230 e. The Morgan fingerprint density at radius 1 is 1.44 bits per heavy atom. The lowest BCUT2D eigenvalue weighted by Crippen LogP contribution is -2.45. The third kappa shape index (κ3) is 2.76. The number of hydrogen-bond donors (Lipinski definition) is 1. The van der Waals surface area contributed by atoms with Gasteiger partial charge in [-0.25, -0.2) is 0 Å². The van der Waals surface area contributed by atoms with Gasteiger partial charge < -0.3 is 10.6 Å². The number of rotatable bonds is 7. The van der Waals surface area contributed by atoms with E-state index in [1.807, 2.05) is 0 Å². The summed E-state index contributed by atoms with van der Waals surface area (Å²) in [6.07, 6.45) is 5.23. The van der Waals surface area contributed by atoms with Crippen LogP contribution in [0.3, 0.4) is 0 Å². The van der Waals surface area contributed by atoms with E-state index in [1.165, 1.54) is 0 Å². The summed E-state index contributed by atoms with van der Waals surface area (Å²) in [5.74, 6) is 0.304. The second-order valence-electron chi connectivity index (χ2n) is 5.09. The highest BCUT2D eigenvalue weighted by Gasteiger charge is 2.50. The van der Waals surface area contributed by atoms with Gasteiger partial charge in [0.05, 0.1) is 5.41 Å². The summed E-state index contributed by atoms with van der Waals surface area (Å²) in [6.45, 7) is 7.85. The van der Waals surface area contributed by atoms with Gasteiger partial charge in [0.25, 0.3) is 0 Å². The number of nitrogens with two attached hydrogens (primary N) is 1. The predicted octanol–water partition coefficient (Wildman–Crippen LogP) is 2.15. The summed E-state index contributed by atoms with van der Waals surface area (Å²) in [4.78, 5) is 14.5. The van der Waals surface area contributed by atoms with Crippen LogP contribution in [-0.2, 0) is 4.79 Å². The molecule has 0 aromatic rings. The summed E-state index contributed by atoms with van der Waals surface area (Å²) in [5.41, 5.74) is 5.55. The van der Waals surface area contributed by atoms with Crippen LogP contribution in [0.5, 0.6) is 0 Å². The van der Waals surface area contributed by atoms with Crippen LogP contribution >= 0.6 is 0 Å². The fourth-order valence-corrected chi connectivity index (χ4v) is 2.03. The number of nitrogens with zero attached hydrogens (tertiary/aromatic N) is 1. The lowest BCUT2D eigenvalue weighted by molar-refractivity contribution is -0.138. The first-order chi connectivity index (χ1) is 7.61. The van der Waals surface area contributed by atoms with Crippen LogP contribution in [0.2, 0.25) is 0 Å². The normalized spacial score (nSPS) is 19.2. The van der Waals surface area contributed by atoms with E-state index in [1.54, 1.807) is 0 Å². The zero-order chi connectivity index (χ0) is 12.2. The lowest BCUT2D eigenvalue weighted by Gasteiger charge is -2.32. The highest BCUT2D eigenvalue weighted by atomic mass is 16.2. The molecular formula is C13H26N2O. The van der Waals surface area contributed by atoms with Crippen molar-refractivity contribution in [3.63, 3.8) is 0 Å². The van der Waals surface area contributed by atoms with Crippen LogP contribution in [0.15, 0.2) is 0 Å². The smallest absolute Gasteiger partial charge is 0.230 e. The Morgan fingerprint density at radius 3 is 2.44 bits per heavy atom. The third-order valence-electron chi connectivity index (χ3n) is 3.83. The third-order valence-corrected chi connectivity index (χ3v) is 3.83. The second-order valence-corrected chi connectivity index (χ2v) is 5.09. The van der Waals surface area contributed by atoms with E-state index < -0.39 is 0 Å². The molecule has 94 valence electrons. The predicted molar refractivity (Wildman–Crippen MR) is 67.1 cm³/mol. The second kappa shape index (κ2) is 5.67. The number of carbonyl (C=O) groups is 1. The van der Waals surface area contributed by atoms with Gasteiger partial charge in [0, 0.05) is 19.1 Å². The van der Waals surface area contributed by atoms with Gasteiger partial charge in [-0.3, -0.25) is 4.79 Å². The SMILES string of the molecule is CCCCN(C(=O)C1(CN)CC1)C(C)CC. The Labute approximate surface area is 99.4 Å². The molecule has 0 bridgehead atoms. The van der Waals surface area contributed by atoms with Crippen molar-refractivity contribution in [3.8, 4) is 0 Å². The van der Waals surface area contributed by atoms with Crippen molar-refractivity contribution in [2.24, 2.45) is 11.1 Å². The molecule has 0 saturated heterocycles. The molecule has 16 heavy (non-hydrogen) atoms. The minimum Gasteiger partial charge on any atom is -0.339 e. The standard InChI is InChI=1S/C13H26N2O/c1-4-6-9-15(11(3)5-2)12(16)13(10-14)7-8-13/h11H,4-10,14H2,1-3H3. The molecule has 0 aromatic carbocycles. The molecule has 2 N–H and O–H groups in total. The first kappa shape index (κ1) is 13.5. The van der Waals surface area contributed by atoms with Crippen molar-refractivity contribution in [1.82, 2.24) is 4.90 Å². The molecule has 1 atom stereocenters. The minimum absolute atomic E-state index is 0.183. The van der Waals surface area contributed by atoms with Crippen molar-refractivity contribution < 1.29 is 4.79 Å². The zero-order valence-electron chi connectivity index (χ0n) is 11.0. The Bertz CT molecular complexity index is 236. The van der Waals surface area contributed by atoms with Crippen LogP contribution in [0, 0.1) is 5.41 Å². The van der Waals surface area contributed by atoms with E-state index in [0.717, 1.165) is 38.6 Å². The highest BCUT2D eigenvalue weighted by molar-refractivity contribution is 5.85. The summed E-state index contributed by atoms with van der Waals surface area (Å²) in [5, 5.41) is 0. The number of amides is 1. The van der Waals surface area contributed by atoms with Crippen LogP contribution in [-0.4, -0.2) is 29.9 Å². The largest absolute Gasteiger partial charge is 0.339 e. The fourth-order valence-electron chi connectivity index (χ4n) is 2.03. The molecule has 0 spiro atoms. The van der Waals surface area contributed by atoms with Gasteiger partial charge in [-0.15, -0.1) is 0 Å². The van der Waals surface area contributed by atoms with E-state index in [4.69, 9.17) is 5.73 Å². The van der Waals surface area contributed by atoms with Gasteiger partial charge >= 0.3 is 0 Å². The quantitative estimate of drug-likeness (QED) is 0.723. The summed E-state index contributed by atoms with van der Waals surface area (Å²) in [6, 6.07) is 0.350. The molecule has 3 nitrogen and oxygen atoms in total. The van der Waals surface area contributed by atoms with Crippen molar-refractivity contribution in [2.45, 2.75) is 58.9 Å². The Balaban J connectivity index is 2.64. The van der Waals surface area contributed by atoms with Crippen molar-refractivity contribution in [1.29, 1.82) is 0 Å². The molecule has 3 heteroatoms. The molecule has 0 radical (unpaired) electrons. The van der Waals surface area contributed by atoms with Crippen molar-refractivity contribution >= 4 is 5.91 Å². The Morgan fingerprint density at radius 2 is 2.06 bits per heavy atom. The average Bonchev–Trinajstić information content (AvgIpc) is 3.09. The maximum atomic E-state index is 12.4. The molecule has 1 aliphatic carbocycles. The molecule has 1 saturated carbocycles. The maximum absolute atomic E-state index is 12.4.